The lowest BCUT2D eigenvalue weighted by atomic mass is 10.1. The van der Waals surface area contributed by atoms with E-state index in [-0.39, 0.29) is 0 Å². The standard InChI is InChI=1S/C22H13ClN6/c23-17-8-6-16(7-9-17)21-20(19-3-1-2-12-29(19)27-21)22-26-25-14-28(22)18-10-4-15(13-24)5-11-18/h1-12,14H. The minimum Gasteiger partial charge on any atom is -0.281 e. The number of aromatic nitrogens is 5. The average molecular weight is 397 g/mol. The summed E-state index contributed by atoms with van der Waals surface area (Å²) in [6, 6.07) is 22.9. The highest BCUT2D eigenvalue weighted by Gasteiger charge is 2.21. The smallest absolute Gasteiger partial charge is 0.172 e. The molecule has 0 spiro atoms. The van der Waals surface area contributed by atoms with Crippen molar-refractivity contribution >= 4 is 17.1 Å². The highest BCUT2D eigenvalue weighted by molar-refractivity contribution is 6.30. The number of fused-ring (bicyclic) bond motifs is 1. The van der Waals surface area contributed by atoms with Gasteiger partial charge in [0.25, 0.3) is 0 Å². The minimum atomic E-state index is 0.598. The normalized spacial score (nSPS) is 10.9. The Labute approximate surface area is 171 Å². The first kappa shape index (κ1) is 17.2. The van der Waals surface area contributed by atoms with Gasteiger partial charge in [-0.1, -0.05) is 29.8 Å². The van der Waals surface area contributed by atoms with E-state index in [2.05, 4.69) is 16.3 Å². The first-order valence-corrected chi connectivity index (χ1v) is 9.26. The maximum Gasteiger partial charge on any atom is 0.172 e. The van der Waals surface area contributed by atoms with Gasteiger partial charge in [0.2, 0.25) is 0 Å². The number of pyridine rings is 1. The Morgan fingerprint density at radius 2 is 1.72 bits per heavy atom. The molecule has 3 aromatic heterocycles. The van der Waals surface area contributed by atoms with Gasteiger partial charge in [-0.05, 0) is 48.5 Å². The third-order valence-corrected chi connectivity index (χ3v) is 4.96. The van der Waals surface area contributed by atoms with E-state index in [1.165, 1.54) is 0 Å². The summed E-state index contributed by atoms with van der Waals surface area (Å²) in [5.74, 6) is 0.667. The van der Waals surface area contributed by atoms with Crippen molar-refractivity contribution in [2.75, 3.05) is 0 Å². The molecule has 0 amide bonds. The van der Waals surface area contributed by atoms with E-state index in [0.717, 1.165) is 28.0 Å². The number of nitrogens with zero attached hydrogens (tertiary/aromatic N) is 6. The van der Waals surface area contributed by atoms with Gasteiger partial charge in [0, 0.05) is 22.5 Å². The van der Waals surface area contributed by atoms with E-state index < -0.39 is 0 Å². The fraction of sp³-hybridized carbons (Fsp3) is 0. The maximum absolute atomic E-state index is 9.06. The summed E-state index contributed by atoms with van der Waals surface area (Å²) in [6.45, 7) is 0. The summed E-state index contributed by atoms with van der Waals surface area (Å²) in [7, 11) is 0. The van der Waals surface area contributed by atoms with Crippen LogP contribution in [0.3, 0.4) is 0 Å². The van der Waals surface area contributed by atoms with Crippen LogP contribution < -0.4 is 0 Å². The lowest BCUT2D eigenvalue weighted by molar-refractivity contribution is 0.966. The third-order valence-electron chi connectivity index (χ3n) is 4.70. The Morgan fingerprint density at radius 1 is 0.931 bits per heavy atom. The molecule has 138 valence electrons. The highest BCUT2D eigenvalue weighted by atomic mass is 35.5. The summed E-state index contributed by atoms with van der Waals surface area (Å²) in [5.41, 5.74) is 4.97. The van der Waals surface area contributed by atoms with E-state index in [1.807, 2.05) is 69.9 Å². The zero-order chi connectivity index (χ0) is 19.8. The SMILES string of the molecule is N#Cc1ccc(-n2cnnc2-c2c(-c3ccc(Cl)cc3)nn3ccccc23)cc1. The van der Waals surface area contributed by atoms with E-state index >= 15 is 0 Å². The van der Waals surface area contributed by atoms with E-state index in [0.29, 0.717) is 16.4 Å². The van der Waals surface area contributed by atoms with Gasteiger partial charge in [0.05, 0.1) is 22.7 Å². The number of hydrogen-bond acceptors (Lipinski definition) is 4. The van der Waals surface area contributed by atoms with Gasteiger partial charge in [-0.15, -0.1) is 10.2 Å². The summed E-state index contributed by atoms with van der Waals surface area (Å²) in [5, 5.41) is 23.1. The van der Waals surface area contributed by atoms with Crippen LogP contribution in [-0.4, -0.2) is 24.4 Å². The molecule has 0 saturated heterocycles. The largest absolute Gasteiger partial charge is 0.281 e. The monoisotopic (exact) mass is 396 g/mol. The summed E-state index contributed by atoms with van der Waals surface area (Å²) < 4.78 is 3.72. The second kappa shape index (κ2) is 6.89. The molecule has 0 N–H and O–H groups in total. The lowest BCUT2D eigenvalue weighted by Crippen LogP contribution is -1.97. The van der Waals surface area contributed by atoms with Gasteiger partial charge in [0.15, 0.2) is 5.82 Å². The first-order chi connectivity index (χ1) is 14.2. The maximum atomic E-state index is 9.06. The highest BCUT2D eigenvalue weighted by Crippen LogP contribution is 2.35. The summed E-state index contributed by atoms with van der Waals surface area (Å²) in [4.78, 5) is 0. The van der Waals surface area contributed by atoms with Crippen LogP contribution in [0.25, 0.3) is 33.8 Å². The molecule has 3 heterocycles. The molecule has 7 heteroatoms. The molecule has 2 aromatic carbocycles. The molecule has 0 aliphatic heterocycles. The van der Waals surface area contributed by atoms with Crippen molar-refractivity contribution in [1.82, 2.24) is 24.4 Å². The van der Waals surface area contributed by atoms with Crippen molar-refractivity contribution in [1.29, 1.82) is 5.26 Å². The van der Waals surface area contributed by atoms with Crippen molar-refractivity contribution in [3.05, 3.63) is 89.8 Å². The quantitative estimate of drug-likeness (QED) is 0.440. The fourth-order valence-corrected chi connectivity index (χ4v) is 3.45. The van der Waals surface area contributed by atoms with E-state index in [9.17, 15) is 0 Å². The van der Waals surface area contributed by atoms with Crippen LogP contribution in [-0.2, 0) is 0 Å². The minimum absolute atomic E-state index is 0.598. The van der Waals surface area contributed by atoms with Gasteiger partial charge in [-0.2, -0.15) is 10.4 Å². The molecule has 29 heavy (non-hydrogen) atoms. The molecule has 5 aromatic rings. The van der Waals surface area contributed by atoms with Crippen molar-refractivity contribution < 1.29 is 0 Å². The first-order valence-electron chi connectivity index (χ1n) is 8.89. The number of benzene rings is 2. The van der Waals surface area contributed by atoms with E-state index in [4.69, 9.17) is 22.0 Å². The van der Waals surface area contributed by atoms with Crippen molar-refractivity contribution in [2.45, 2.75) is 0 Å². The van der Waals surface area contributed by atoms with Crippen LogP contribution in [0, 0.1) is 11.3 Å². The van der Waals surface area contributed by atoms with Crippen LogP contribution in [0.2, 0.25) is 5.02 Å². The number of nitriles is 1. The zero-order valence-corrected chi connectivity index (χ0v) is 15.8. The van der Waals surface area contributed by atoms with Crippen LogP contribution in [0.4, 0.5) is 0 Å². The van der Waals surface area contributed by atoms with Crippen LogP contribution in [0.1, 0.15) is 5.56 Å². The Bertz CT molecular complexity index is 1360. The Kier molecular flexibility index (Phi) is 4.08. The molecule has 0 atom stereocenters. The molecule has 0 aliphatic carbocycles. The molecule has 0 saturated carbocycles. The molecule has 0 fully saturated rings. The summed E-state index contributed by atoms with van der Waals surface area (Å²) >= 11 is 6.07. The average Bonchev–Trinajstić information content (AvgIpc) is 3.38. The third kappa shape index (κ3) is 2.94. The zero-order valence-electron chi connectivity index (χ0n) is 15.1. The van der Waals surface area contributed by atoms with Crippen molar-refractivity contribution in [3.63, 3.8) is 0 Å². The van der Waals surface area contributed by atoms with Crippen LogP contribution in [0.5, 0.6) is 0 Å². The molecule has 5 rings (SSSR count). The van der Waals surface area contributed by atoms with Gasteiger partial charge >= 0.3 is 0 Å². The predicted molar refractivity (Wildman–Crippen MR) is 111 cm³/mol. The summed E-state index contributed by atoms with van der Waals surface area (Å²) in [6.07, 6.45) is 3.56. The van der Waals surface area contributed by atoms with Crippen molar-refractivity contribution in [3.8, 4) is 34.4 Å². The van der Waals surface area contributed by atoms with Gasteiger partial charge in [0.1, 0.15) is 12.0 Å². The van der Waals surface area contributed by atoms with Gasteiger partial charge in [-0.3, -0.25) is 4.57 Å². The van der Waals surface area contributed by atoms with Gasteiger partial charge in [-0.25, -0.2) is 4.52 Å². The topological polar surface area (TPSA) is 71.8 Å². The number of hydrogen-bond donors (Lipinski definition) is 0. The molecule has 6 nitrogen and oxygen atoms in total. The molecular weight excluding hydrogens is 384 g/mol. The van der Waals surface area contributed by atoms with E-state index in [1.54, 1.807) is 18.5 Å². The Morgan fingerprint density at radius 3 is 2.48 bits per heavy atom. The second-order valence-electron chi connectivity index (χ2n) is 6.44. The Hall–Kier alpha value is -3.95. The molecular formula is C22H13ClN6. The number of rotatable bonds is 3. The molecule has 0 unspecified atom stereocenters. The van der Waals surface area contributed by atoms with Crippen LogP contribution >= 0.6 is 11.6 Å². The Balaban J connectivity index is 1.76. The van der Waals surface area contributed by atoms with Crippen molar-refractivity contribution in [2.24, 2.45) is 0 Å². The number of halogens is 1. The lowest BCUT2D eigenvalue weighted by Gasteiger charge is -2.08. The second-order valence-corrected chi connectivity index (χ2v) is 6.88. The molecule has 0 aliphatic rings. The predicted octanol–water partition coefficient (Wildman–Crippen LogP) is 4.77. The van der Waals surface area contributed by atoms with Gasteiger partial charge < -0.3 is 0 Å². The van der Waals surface area contributed by atoms with Crippen LogP contribution in [0.15, 0.2) is 79.3 Å². The molecule has 0 radical (unpaired) electrons. The molecule has 0 bridgehead atoms. The fourth-order valence-electron chi connectivity index (χ4n) is 3.32.